The Balaban J connectivity index is 1.73. The minimum absolute atomic E-state index is 0.209. The number of aromatic nitrogens is 4. The standard InChI is InChI=1S/C13H16F3N5O2/c1-8-17-19-11(22-8)7-21-5-3-2-4-9(21)12-20-18-10(23-12)6-13(14,15)16/h9H,2-7H2,1H3. The number of nitrogens with zero attached hydrogens (tertiary/aromatic N) is 5. The van der Waals surface area contributed by atoms with Gasteiger partial charge in [-0.1, -0.05) is 6.42 Å². The molecule has 1 saturated heterocycles. The highest BCUT2D eigenvalue weighted by Gasteiger charge is 2.33. The zero-order valence-electron chi connectivity index (χ0n) is 12.5. The number of rotatable bonds is 4. The average Bonchev–Trinajstić information content (AvgIpc) is 3.07. The number of halogens is 3. The Kier molecular flexibility index (Phi) is 4.33. The smallest absolute Gasteiger partial charge is 0.397 e. The van der Waals surface area contributed by atoms with E-state index in [9.17, 15) is 13.2 Å². The lowest BCUT2D eigenvalue weighted by Crippen LogP contribution is -2.33. The van der Waals surface area contributed by atoms with Gasteiger partial charge in [0.2, 0.25) is 23.6 Å². The van der Waals surface area contributed by atoms with Crippen LogP contribution in [0.5, 0.6) is 0 Å². The van der Waals surface area contributed by atoms with Gasteiger partial charge in [0.05, 0.1) is 12.6 Å². The van der Waals surface area contributed by atoms with Crippen molar-refractivity contribution in [1.82, 2.24) is 25.3 Å². The highest BCUT2D eigenvalue weighted by molar-refractivity contribution is 4.95. The van der Waals surface area contributed by atoms with Crippen LogP contribution in [-0.4, -0.2) is 38.0 Å². The second-order valence-electron chi connectivity index (χ2n) is 5.52. The van der Waals surface area contributed by atoms with Gasteiger partial charge in [0, 0.05) is 6.92 Å². The van der Waals surface area contributed by atoms with Crippen LogP contribution in [-0.2, 0) is 13.0 Å². The summed E-state index contributed by atoms with van der Waals surface area (Å²) in [6.07, 6.45) is -2.91. The lowest BCUT2D eigenvalue weighted by molar-refractivity contribution is -0.131. The van der Waals surface area contributed by atoms with Gasteiger partial charge in [0.25, 0.3) is 0 Å². The summed E-state index contributed by atoms with van der Waals surface area (Å²) in [6, 6.07) is -0.231. The van der Waals surface area contributed by atoms with E-state index in [-0.39, 0.29) is 11.9 Å². The molecule has 1 aliphatic heterocycles. The molecular formula is C13H16F3N5O2. The van der Waals surface area contributed by atoms with E-state index in [2.05, 4.69) is 20.4 Å². The number of hydrogen-bond donors (Lipinski definition) is 0. The molecule has 1 aliphatic rings. The second kappa shape index (κ2) is 6.26. The molecule has 0 amide bonds. The highest BCUT2D eigenvalue weighted by Crippen LogP contribution is 2.32. The average molecular weight is 331 g/mol. The molecule has 3 rings (SSSR count). The molecule has 1 fully saturated rings. The maximum absolute atomic E-state index is 12.4. The van der Waals surface area contributed by atoms with Crippen molar-refractivity contribution in [3.8, 4) is 0 Å². The molecule has 2 aromatic heterocycles. The summed E-state index contributed by atoms with van der Waals surface area (Å²) in [5.74, 6) is 0.732. The summed E-state index contributed by atoms with van der Waals surface area (Å²) in [7, 11) is 0. The predicted octanol–water partition coefficient (Wildman–Crippen LogP) is 2.59. The predicted molar refractivity (Wildman–Crippen MR) is 70.1 cm³/mol. The van der Waals surface area contributed by atoms with Crippen molar-refractivity contribution in [3.63, 3.8) is 0 Å². The number of aryl methyl sites for hydroxylation is 1. The van der Waals surface area contributed by atoms with Crippen LogP contribution in [0.4, 0.5) is 13.2 Å². The molecule has 0 aromatic carbocycles. The molecule has 0 saturated carbocycles. The number of piperidine rings is 1. The molecule has 3 heterocycles. The van der Waals surface area contributed by atoms with Gasteiger partial charge in [-0.2, -0.15) is 13.2 Å². The summed E-state index contributed by atoms with van der Waals surface area (Å²) < 4.78 is 47.8. The lowest BCUT2D eigenvalue weighted by Gasteiger charge is -2.32. The summed E-state index contributed by atoms with van der Waals surface area (Å²) >= 11 is 0. The Morgan fingerprint density at radius 1 is 1.09 bits per heavy atom. The molecule has 7 nitrogen and oxygen atoms in total. The summed E-state index contributed by atoms with van der Waals surface area (Å²) in [4.78, 5) is 2.02. The van der Waals surface area contributed by atoms with Crippen molar-refractivity contribution in [2.24, 2.45) is 0 Å². The fourth-order valence-electron chi connectivity index (χ4n) is 2.68. The first kappa shape index (κ1) is 15.9. The first-order valence-electron chi connectivity index (χ1n) is 7.33. The van der Waals surface area contributed by atoms with E-state index in [1.54, 1.807) is 6.92 Å². The minimum Gasteiger partial charge on any atom is -0.424 e. The molecule has 2 aromatic rings. The molecule has 1 unspecified atom stereocenters. The Morgan fingerprint density at radius 2 is 1.87 bits per heavy atom. The van der Waals surface area contributed by atoms with Crippen LogP contribution in [0.1, 0.15) is 48.9 Å². The third-order valence-electron chi connectivity index (χ3n) is 3.64. The van der Waals surface area contributed by atoms with Gasteiger partial charge in [-0.3, -0.25) is 4.90 Å². The van der Waals surface area contributed by atoms with Gasteiger partial charge in [0.15, 0.2) is 0 Å². The second-order valence-corrected chi connectivity index (χ2v) is 5.52. The normalized spacial score (nSPS) is 20.1. The highest BCUT2D eigenvalue weighted by atomic mass is 19.4. The first-order valence-corrected chi connectivity index (χ1v) is 7.33. The number of hydrogen-bond acceptors (Lipinski definition) is 7. The van der Waals surface area contributed by atoms with Gasteiger partial charge in [-0.15, -0.1) is 20.4 Å². The number of likely N-dealkylation sites (tertiary alicyclic amines) is 1. The third kappa shape index (κ3) is 4.06. The van der Waals surface area contributed by atoms with Crippen molar-refractivity contribution in [2.75, 3.05) is 6.54 Å². The van der Waals surface area contributed by atoms with E-state index in [1.165, 1.54) is 0 Å². The van der Waals surface area contributed by atoms with Crippen LogP contribution >= 0.6 is 0 Å². The van der Waals surface area contributed by atoms with Gasteiger partial charge in [0.1, 0.15) is 6.42 Å². The largest absolute Gasteiger partial charge is 0.424 e. The van der Waals surface area contributed by atoms with Crippen molar-refractivity contribution in [1.29, 1.82) is 0 Å². The number of alkyl halides is 3. The molecule has 126 valence electrons. The van der Waals surface area contributed by atoms with E-state index >= 15 is 0 Å². The van der Waals surface area contributed by atoms with Gasteiger partial charge in [-0.25, -0.2) is 0 Å². The molecule has 0 bridgehead atoms. The molecule has 1 atom stereocenters. The molecule has 0 aliphatic carbocycles. The maximum atomic E-state index is 12.4. The quantitative estimate of drug-likeness (QED) is 0.851. The Bertz CT molecular complexity index is 654. The topological polar surface area (TPSA) is 81.1 Å². The van der Waals surface area contributed by atoms with E-state index < -0.39 is 18.5 Å². The van der Waals surface area contributed by atoms with Crippen LogP contribution in [0.2, 0.25) is 0 Å². The summed E-state index contributed by atoms with van der Waals surface area (Å²) in [5.41, 5.74) is 0. The van der Waals surface area contributed by atoms with Crippen LogP contribution < -0.4 is 0 Å². The van der Waals surface area contributed by atoms with Crippen molar-refractivity contribution < 1.29 is 22.0 Å². The van der Waals surface area contributed by atoms with Crippen LogP contribution in [0.15, 0.2) is 8.83 Å². The van der Waals surface area contributed by atoms with Crippen molar-refractivity contribution in [2.45, 2.75) is 51.4 Å². The summed E-state index contributed by atoms with van der Waals surface area (Å²) in [5, 5.41) is 15.0. The van der Waals surface area contributed by atoms with Crippen LogP contribution in [0.3, 0.4) is 0 Å². The first-order chi connectivity index (χ1) is 10.9. The lowest BCUT2D eigenvalue weighted by atomic mass is 10.0. The fourth-order valence-corrected chi connectivity index (χ4v) is 2.68. The van der Waals surface area contributed by atoms with E-state index in [0.717, 1.165) is 25.8 Å². The van der Waals surface area contributed by atoms with E-state index in [1.807, 2.05) is 4.90 Å². The summed E-state index contributed by atoms with van der Waals surface area (Å²) in [6.45, 7) is 2.86. The fraction of sp³-hybridized carbons (Fsp3) is 0.692. The van der Waals surface area contributed by atoms with Crippen LogP contribution in [0.25, 0.3) is 0 Å². The Hall–Kier alpha value is -1.97. The third-order valence-corrected chi connectivity index (χ3v) is 3.64. The van der Waals surface area contributed by atoms with E-state index in [0.29, 0.717) is 18.3 Å². The van der Waals surface area contributed by atoms with Gasteiger partial charge < -0.3 is 8.83 Å². The zero-order valence-corrected chi connectivity index (χ0v) is 12.5. The molecule has 0 radical (unpaired) electrons. The molecular weight excluding hydrogens is 315 g/mol. The van der Waals surface area contributed by atoms with Crippen LogP contribution in [0, 0.1) is 6.92 Å². The van der Waals surface area contributed by atoms with Crippen molar-refractivity contribution >= 4 is 0 Å². The maximum Gasteiger partial charge on any atom is 0.397 e. The minimum atomic E-state index is -4.36. The zero-order chi connectivity index (χ0) is 16.4. The SMILES string of the molecule is Cc1nnc(CN2CCCCC2c2nnc(CC(F)(F)F)o2)o1. The monoisotopic (exact) mass is 331 g/mol. The molecule has 0 spiro atoms. The van der Waals surface area contributed by atoms with Crippen molar-refractivity contribution in [3.05, 3.63) is 23.6 Å². The van der Waals surface area contributed by atoms with Gasteiger partial charge >= 0.3 is 6.18 Å². The Labute approximate surface area is 129 Å². The Morgan fingerprint density at radius 3 is 2.57 bits per heavy atom. The molecule has 0 N–H and O–H groups in total. The molecule has 23 heavy (non-hydrogen) atoms. The molecule has 10 heteroatoms. The van der Waals surface area contributed by atoms with Gasteiger partial charge in [-0.05, 0) is 19.4 Å². The van der Waals surface area contributed by atoms with E-state index in [4.69, 9.17) is 8.83 Å².